The van der Waals surface area contributed by atoms with Gasteiger partial charge in [-0.1, -0.05) is 48.5 Å². The number of carbonyl (C=O) groups is 2. The third-order valence-corrected chi connectivity index (χ3v) is 5.72. The molecule has 154 valence electrons. The van der Waals surface area contributed by atoms with Crippen molar-refractivity contribution in [3.05, 3.63) is 83.7 Å². The molecule has 0 spiro atoms. The van der Waals surface area contributed by atoms with E-state index in [4.69, 9.17) is 4.74 Å². The molecule has 2 N–H and O–H groups in total. The Hall–Kier alpha value is -4.13. The van der Waals surface area contributed by atoms with Crippen LogP contribution in [0.5, 0.6) is 0 Å². The van der Waals surface area contributed by atoms with E-state index in [1.165, 1.54) is 4.57 Å². The number of benzene rings is 2. The summed E-state index contributed by atoms with van der Waals surface area (Å²) in [5, 5.41) is 12.8. The van der Waals surface area contributed by atoms with Crippen LogP contribution in [0.3, 0.4) is 0 Å². The van der Waals surface area contributed by atoms with Crippen LogP contribution in [0.25, 0.3) is 22.2 Å². The van der Waals surface area contributed by atoms with E-state index in [0.717, 1.165) is 22.3 Å². The van der Waals surface area contributed by atoms with E-state index >= 15 is 0 Å². The van der Waals surface area contributed by atoms with Gasteiger partial charge in [-0.05, 0) is 34.4 Å². The molecule has 1 amide bonds. The smallest absolute Gasteiger partial charge is 0.411 e. The van der Waals surface area contributed by atoms with E-state index in [1.54, 1.807) is 25.4 Å². The first kappa shape index (κ1) is 18.9. The second-order valence-corrected chi connectivity index (χ2v) is 7.41. The number of carboxylic acid groups (broad SMARTS) is 1. The topological polar surface area (TPSA) is 93.5 Å². The van der Waals surface area contributed by atoms with Crippen LogP contribution in [-0.4, -0.2) is 33.3 Å². The summed E-state index contributed by atoms with van der Waals surface area (Å²) in [4.78, 5) is 28.7. The van der Waals surface area contributed by atoms with E-state index in [2.05, 4.69) is 22.4 Å². The number of hydrogen-bond acceptors (Lipinski definition) is 4. The summed E-state index contributed by atoms with van der Waals surface area (Å²) in [7, 11) is 1.60. The van der Waals surface area contributed by atoms with Gasteiger partial charge in [0.2, 0.25) is 0 Å². The minimum atomic E-state index is -1.16. The number of aromatic carboxylic acids is 1. The Bertz CT molecular complexity index is 1300. The van der Waals surface area contributed by atoms with Gasteiger partial charge in [-0.3, -0.25) is 5.32 Å². The zero-order valence-corrected chi connectivity index (χ0v) is 16.7. The lowest BCUT2D eigenvalue weighted by Gasteiger charge is -2.14. The van der Waals surface area contributed by atoms with Gasteiger partial charge in [0, 0.05) is 24.5 Å². The molecule has 2 aromatic carbocycles. The van der Waals surface area contributed by atoms with E-state index in [0.29, 0.717) is 11.0 Å². The average Bonchev–Trinajstić information content (AvgIpc) is 3.25. The highest BCUT2D eigenvalue weighted by Gasteiger charge is 2.29. The summed E-state index contributed by atoms with van der Waals surface area (Å²) in [5.74, 6) is -1.24. The van der Waals surface area contributed by atoms with Gasteiger partial charge in [0.1, 0.15) is 12.3 Å². The van der Waals surface area contributed by atoms with Crippen molar-refractivity contribution in [2.45, 2.75) is 5.92 Å². The second-order valence-electron chi connectivity index (χ2n) is 7.41. The van der Waals surface area contributed by atoms with E-state index in [1.807, 2.05) is 36.4 Å². The largest absolute Gasteiger partial charge is 0.477 e. The van der Waals surface area contributed by atoms with E-state index in [-0.39, 0.29) is 23.9 Å². The minimum Gasteiger partial charge on any atom is -0.477 e. The molecule has 4 aromatic rings. The number of hydrogen-bond donors (Lipinski definition) is 2. The normalized spacial score (nSPS) is 12.4. The molecule has 0 saturated heterocycles. The first-order valence-electron chi connectivity index (χ1n) is 9.85. The zero-order chi connectivity index (χ0) is 21.5. The van der Waals surface area contributed by atoms with Crippen LogP contribution in [0.15, 0.2) is 66.9 Å². The maximum absolute atomic E-state index is 12.7. The van der Waals surface area contributed by atoms with Gasteiger partial charge >= 0.3 is 12.1 Å². The van der Waals surface area contributed by atoms with Crippen molar-refractivity contribution in [1.82, 2.24) is 9.55 Å². The van der Waals surface area contributed by atoms with Gasteiger partial charge in [-0.15, -0.1) is 0 Å². The van der Waals surface area contributed by atoms with Crippen molar-refractivity contribution >= 4 is 28.8 Å². The van der Waals surface area contributed by atoms with Crippen molar-refractivity contribution in [2.75, 3.05) is 11.9 Å². The quantitative estimate of drug-likeness (QED) is 0.509. The predicted octanol–water partition coefficient (Wildman–Crippen LogP) is 4.63. The molecule has 0 bridgehead atoms. The van der Waals surface area contributed by atoms with Crippen molar-refractivity contribution in [3.8, 4) is 11.1 Å². The number of aromatic nitrogens is 2. The Balaban J connectivity index is 1.41. The molecule has 0 fully saturated rings. The van der Waals surface area contributed by atoms with Crippen LogP contribution in [0, 0.1) is 0 Å². The molecule has 7 nitrogen and oxygen atoms in total. The lowest BCUT2D eigenvalue weighted by Crippen LogP contribution is -2.19. The highest BCUT2D eigenvalue weighted by atomic mass is 16.5. The minimum absolute atomic E-state index is 0.0535. The Kier molecular flexibility index (Phi) is 4.43. The summed E-state index contributed by atoms with van der Waals surface area (Å²) >= 11 is 0. The van der Waals surface area contributed by atoms with E-state index < -0.39 is 12.1 Å². The molecular formula is C24H19N3O4. The maximum Gasteiger partial charge on any atom is 0.411 e. The number of aryl methyl sites for hydroxylation is 1. The summed E-state index contributed by atoms with van der Waals surface area (Å²) in [6, 6.07) is 19.6. The average molecular weight is 413 g/mol. The van der Waals surface area contributed by atoms with Crippen LogP contribution < -0.4 is 5.32 Å². The Labute approximate surface area is 177 Å². The third-order valence-electron chi connectivity index (χ3n) is 5.72. The molecular weight excluding hydrogens is 394 g/mol. The fourth-order valence-corrected chi connectivity index (χ4v) is 4.37. The number of pyridine rings is 1. The van der Waals surface area contributed by atoms with Gasteiger partial charge in [-0.2, -0.15) is 0 Å². The van der Waals surface area contributed by atoms with Crippen LogP contribution >= 0.6 is 0 Å². The number of nitrogens with zero attached hydrogens (tertiary/aromatic N) is 2. The molecule has 5 rings (SSSR count). The molecule has 0 aliphatic heterocycles. The van der Waals surface area contributed by atoms with Crippen molar-refractivity contribution < 1.29 is 19.4 Å². The molecule has 0 atom stereocenters. The number of nitrogens with one attached hydrogen (secondary N) is 1. The second kappa shape index (κ2) is 7.28. The molecule has 2 heterocycles. The number of rotatable bonds is 4. The summed E-state index contributed by atoms with van der Waals surface area (Å²) < 4.78 is 7.01. The van der Waals surface area contributed by atoms with E-state index in [9.17, 15) is 14.7 Å². The third kappa shape index (κ3) is 3.02. The lowest BCUT2D eigenvalue weighted by molar-refractivity contribution is 0.0688. The van der Waals surface area contributed by atoms with Crippen molar-refractivity contribution in [3.63, 3.8) is 0 Å². The van der Waals surface area contributed by atoms with Gasteiger partial charge < -0.3 is 14.4 Å². The first-order chi connectivity index (χ1) is 15.1. The number of carboxylic acids is 1. The molecule has 2 aromatic heterocycles. The van der Waals surface area contributed by atoms with Gasteiger partial charge in [0.25, 0.3) is 0 Å². The number of anilines is 1. The van der Waals surface area contributed by atoms with Crippen LogP contribution in [-0.2, 0) is 11.8 Å². The Morgan fingerprint density at radius 1 is 1.03 bits per heavy atom. The zero-order valence-electron chi connectivity index (χ0n) is 16.7. The van der Waals surface area contributed by atoms with Crippen LogP contribution in [0.4, 0.5) is 10.5 Å². The lowest BCUT2D eigenvalue weighted by atomic mass is 9.98. The molecule has 1 aliphatic carbocycles. The molecule has 0 unspecified atom stereocenters. The maximum atomic E-state index is 12.7. The summed E-state index contributed by atoms with van der Waals surface area (Å²) in [6.07, 6.45) is 0.867. The number of carbonyl (C=O) groups excluding carboxylic acids is 1. The summed E-state index contributed by atoms with van der Waals surface area (Å²) in [6.45, 7) is 0.144. The Morgan fingerprint density at radius 3 is 2.32 bits per heavy atom. The summed E-state index contributed by atoms with van der Waals surface area (Å²) in [5.41, 5.74) is 5.08. The van der Waals surface area contributed by atoms with Gasteiger partial charge in [-0.25, -0.2) is 14.6 Å². The molecule has 1 aliphatic rings. The van der Waals surface area contributed by atoms with Crippen LogP contribution in [0.1, 0.15) is 27.5 Å². The molecule has 31 heavy (non-hydrogen) atoms. The molecule has 0 saturated carbocycles. The first-order valence-corrected chi connectivity index (χ1v) is 9.85. The van der Waals surface area contributed by atoms with Gasteiger partial charge in [0.05, 0.1) is 5.69 Å². The molecule has 0 radical (unpaired) electrons. The van der Waals surface area contributed by atoms with Crippen molar-refractivity contribution in [2.24, 2.45) is 7.05 Å². The molecule has 7 heteroatoms. The number of amides is 1. The fraction of sp³-hybridized carbons (Fsp3) is 0.125. The van der Waals surface area contributed by atoms with Crippen molar-refractivity contribution in [1.29, 1.82) is 0 Å². The van der Waals surface area contributed by atoms with Crippen LogP contribution in [0.2, 0.25) is 0 Å². The Morgan fingerprint density at radius 2 is 1.68 bits per heavy atom. The number of ether oxygens (including phenoxy) is 1. The highest BCUT2D eigenvalue weighted by molar-refractivity contribution is 6.09. The fourth-order valence-electron chi connectivity index (χ4n) is 4.37. The monoisotopic (exact) mass is 413 g/mol. The number of fused-ring (bicyclic) bond motifs is 4. The highest BCUT2D eigenvalue weighted by Crippen LogP contribution is 2.44. The SMILES string of the molecule is Cn1c(C(=O)O)c(NC(=O)OCC2c3ccccc3-c3ccccc32)c2cccnc21. The standard InChI is InChI=1S/C24H19N3O4/c1-27-21(23(28)29)20(18-11-6-12-25-22(18)27)26-24(30)31-13-19-16-9-4-2-7-14(16)15-8-3-5-10-17(15)19/h2-12,19H,13H2,1H3,(H,26,30)(H,28,29). The predicted molar refractivity (Wildman–Crippen MR) is 116 cm³/mol. The van der Waals surface area contributed by atoms with Gasteiger partial charge in [0.15, 0.2) is 5.69 Å².